The van der Waals surface area contributed by atoms with Crippen LogP contribution in [0.2, 0.25) is 0 Å². The molecule has 116 valence electrons. The maximum Gasteiger partial charge on any atom is 0.123 e. The first-order valence-corrected chi connectivity index (χ1v) is 8.16. The van der Waals surface area contributed by atoms with Gasteiger partial charge in [-0.1, -0.05) is 84.9 Å². The zero-order chi connectivity index (χ0) is 16.4. The van der Waals surface area contributed by atoms with Crippen molar-refractivity contribution in [1.82, 2.24) is 0 Å². The summed E-state index contributed by atoms with van der Waals surface area (Å²) in [5.41, 5.74) is 5.75. The molecule has 24 heavy (non-hydrogen) atoms. The predicted octanol–water partition coefficient (Wildman–Crippen LogP) is 5.80. The molecule has 0 fully saturated rings. The Hall–Kier alpha value is -3.06. The summed E-state index contributed by atoms with van der Waals surface area (Å²) in [4.78, 5) is 0. The molecular formula is C23H18O. The van der Waals surface area contributed by atoms with Crippen molar-refractivity contribution in [3.05, 3.63) is 102 Å². The first-order valence-electron chi connectivity index (χ1n) is 8.16. The molecule has 0 saturated carbocycles. The molecule has 0 spiro atoms. The van der Waals surface area contributed by atoms with Crippen LogP contribution in [0.4, 0.5) is 0 Å². The van der Waals surface area contributed by atoms with Crippen molar-refractivity contribution in [3.8, 4) is 16.9 Å². The van der Waals surface area contributed by atoms with Gasteiger partial charge >= 0.3 is 0 Å². The van der Waals surface area contributed by atoms with E-state index in [1.807, 2.05) is 36.4 Å². The molecule has 0 bridgehead atoms. The van der Waals surface area contributed by atoms with Crippen molar-refractivity contribution in [3.63, 3.8) is 0 Å². The second-order valence-corrected chi connectivity index (χ2v) is 5.99. The van der Waals surface area contributed by atoms with Gasteiger partial charge in [-0.15, -0.1) is 0 Å². The Bertz CT molecular complexity index is 952. The molecule has 0 saturated heterocycles. The quantitative estimate of drug-likeness (QED) is 0.383. The Morgan fingerprint density at radius 2 is 1.08 bits per heavy atom. The van der Waals surface area contributed by atoms with E-state index in [9.17, 15) is 5.11 Å². The summed E-state index contributed by atoms with van der Waals surface area (Å²) in [6, 6.07) is 30.6. The van der Waals surface area contributed by atoms with E-state index >= 15 is 0 Å². The first kappa shape index (κ1) is 14.5. The lowest BCUT2D eigenvalue weighted by molar-refractivity contribution is 0.481. The summed E-state index contributed by atoms with van der Waals surface area (Å²) < 4.78 is 0. The fourth-order valence-electron chi connectivity index (χ4n) is 3.29. The summed E-state index contributed by atoms with van der Waals surface area (Å²) in [5, 5.41) is 11.4. The Balaban J connectivity index is 0.000000123. The van der Waals surface area contributed by atoms with Gasteiger partial charge in [0.25, 0.3) is 0 Å². The predicted molar refractivity (Wildman–Crippen MR) is 100 cm³/mol. The topological polar surface area (TPSA) is 20.2 Å². The zero-order valence-electron chi connectivity index (χ0n) is 13.3. The van der Waals surface area contributed by atoms with Crippen molar-refractivity contribution in [2.24, 2.45) is 0 Å². The molecule has 1 aliphatic carbocycles. The molecule has 1 N–H and O–H groups in total. The van der Waals surface area contributed by atoms with E-state index in [0.717, 1.165) is 17.2 Å². The minimum Gasteiger partial charge on any atom is -0.507 e. The van der Waals surface area contributed by atoms with Crippen LogP contribution in [-0.4, -0.2) is 5.11 Å². The molecule has 0 amide bonds. The van der Waals surface area contributed by atoms with E-state index in [4.69, 9.17) is 0 Å². The number of phenolic OH excluding ortho intramolecular Hbond substituents is 1. The molecule has 0 unspecified atom stereocenters. The molecule has 1 nitrogen and oxygen atoms in total. The molecule has 1 aliphatic rings. The molecule has 4 aromatic rings. The number of hydrogen-bond acceptors (Lipinski definition) is 1. The van der Waals surface area contributed by atoms with Crippen LogP contribution in [0.5, 0.6) is 5.75 Å². The average Bonchev–Trinajstić information content (AvgIpc) is 3.02. The van der Waals surface area contributed by atoms with Crippen LogP contribution in [0, 0.1) is 0 Å². The number of rotatable bonds is 0. The SMILES string of the molecule is Oc1cccc2ccccc12.c1ccc2c(c1)Cc1ccccc1-2. The number of phenols is 1. The Kier molecular flexibility index (Phi) is 3.76. The third-order valence-electron chi connectivity index (χ3n) is 4.47. The molecule has 0 aromatic heterocycles. The second kappa shape index (κ2) is 6.21. The van der Waals surface area contributed by atoms with Crippen molar-refractivity contribution in [2.45, 2.75) is 6.42 Å². The molecular weight excluding hydrogens is 292 g/mol. The van der Waals surface area contributed by atoms with E-state index in [0.29, 0.717) is 5.75 Å². The van der Waals surface area contributed by atoms with E-state index < -0.39 is 0 Å². The molecule has 0 radical (unpaired) electrons. The third-order valence-corrected chi connectivity index (χ3v) is 4.47. The van der Waals surface area contributed by atoms with E-state index in [-0.39, 0.29) is 0 Å². The monoisotopic (exact) mass is 310 g/mol. The van der Waals surface area contributed by atoms with Crippen LogP contribution in [-0.2, 0) is 6.42 Å². The van der Waals surface area contributed by atoms with Crippen LogP contribution in [0.15, 0.2) is 91.0 Å². The van der Waals surface area contributed by atoms with E-state index in [1.165, 1.54) is 22.3 Å². The van der Waals surface area contributed by atoms with Crippen molar-refractivity contribution >= 4 is 10.8 Å². The Labute approximate surface area is 141 Å². The molecule has 5 rings (SSSR count). The van der Waals surface area contributed by atoms with Gasteiger partial charge in [0.15, 0.2) is 0 Å². The lowest BCUT2D eigenvalue weighted by Gasteiger charge is -1.98. The van der Waals surface area contributed by atoms with Crippen molar-refractivity contribution in [1.29, 1.82) is 0 Å². The second-order valence-electron chi connectivity index (χ2n) is 5.99. The standard InChI is InChI=1S/C13H10.C10H8O/c1-3-7-12-10(5-1)9-11-6-2-4-8-13(11)12;11-10-7-3-5-8-4-1-2-6-9(8)10/h1-8H,9H2;1-7,11H. The van der Waals surface area contributed by atoms with Crippen LogP contribution in [0.25, 0.3) is 21.9 Å². The van der Waals surface area contributed by atoms with Crippen molar-refractivity contribution in [2.75, 3.05) is 0 Å². The van der Waals surface area contributed by atoms with Gasteiger partial charge < -0.3 is 5.11 Å². The maximum absolute atomic E-state index is 9.37. The smallest absolute Gasteiger partial charge is 0.123 e. The molecule has 0 heterocycles. The Morgan fingerprint density at radius 3 is 1.75 bits per heavy atom. The largest absolute Gasteiger partial charge is 0.507 e. The van der Waals surface area contributed by atoms with Gasteiger partial charge in [-0.05, 0) is 40.1 Å². The molecule has 4 aromatic carbocycles. The highest BCUT2D eigenvalue weighted by Gasteiger charge is 2.15. The minimum absolute atomic E-state index is 0.350. The fraction of sp³-hybridized carbons (Fsp3) is 0.0435. The molecule has 1 heteroatoms. The number of aromatic hydroxyl groups is 1. The fourth-order valence-corrected chi connectivity index (χ4v) is 3.29. The van der Waals surface area contributed by atoms with Gasteiger partial charge in [-0.3, -0.25) is 0 Å². The van der Waals surface area contributed by atoms with Crippen LogP contribution >= 0.6 is 0 Å². The molecule has 0 aliphatic heterocycles. The highest BCUT2D eigenvalue weighted by molar-refractivity contribution is 5.87. The van der Waals surface area contributed by atoms with Gasteiger partial charge in [0.1, 0.15) is 5.75 Å². The van der Waals surface area contributed by atoms with Crippen molar-refractivity contribution < 1.29 is 5.11 Å². The lowest BCUT2D eigenvalue weighted by atomic mass is 10.1. The summed E-state index contributed by atoms with van der Waals surface area (Å²) in [6.07, 6.45) is 1.10. The van der Waals surface area contributed by atoms with Gasteiger partial charge in [-0.2, -0.15) is 0 Å². The lowest BCUT2D eigenvalue weighted by Crippen LogP contribution is -1.77. The third kappa shape index (κ3) is 2.65. The first-order chi connectivity index (χ1) is 11.8. The van der Waals surface area contributed by atoms with E-state index in [2.05, 4.69) is 48.5 Å². The highest BCUT2D eigenvalue weighted by atomic mass is 16.3. The Morgan fingerprint density at radius 1 is 0.542 bits per heavy atom. The van der Waals surface area contributed by atoms with Gasteiger partial charge in [-0.25, -0.2) is 0 Å². The minimum atomic E-state index is 0.350. The average molecular weight is 310 g/mol. The van der Waals surface area contributed by atoms with Crippen LogP contribution in [0.1, 0.15) is 11.1 Å². The van der Waals surface area contributed by atoms with Crippen LogP contribution < -0.4 is 0 Å². The summed E-state index contributed by atoms with van der Waals surface area (Å²) in [6.45, 7) is 0. The summed E-state index contributed by atoms with van der Waals surface area (Å²) >= 11 is 0. The summed E-state index contributed by atoms with van der Waals surface area (Å²) in [5.74, 6) is 0.350. The normalized spacial score (nSPS) is 11.3. The molecule has 0 atom stereocenters. The van der Waals surface area contributed by atoms with Crippen LogP contribution in [0.3, 0.4) is 0 Å². The zero-order valence-corrected chi connectivity index (χ0v) is 13.3. The van der Waals surface area contributed by atoms with Gasteiger partial charge in [0.2, 0.25) is 0 Å². The highest BCUT2D eigenvalue weighted by Crippen LogP contribution is 2.35. The number of benzene rings is 4. The number of fused-ring (bicyclic) bond motifs is 4. The van der Waals surface area contributed by atoms with Gasteiger partial charge in [0, 0.05) is 5.39 Å². The van der Waals surface area contributed by atoms with Gasteiger partial charge in [0.05, 0.1) is 0 Å². The van der Waals surface area contributed by atoms with E-state index in [1.54, 1.807) is 6.07 Å². The maximum atomic E-state index is 9.37. The summed E-state index contributed by atoms with van der Waals surface area (Å²) in [7, 11) is 0. The number of hydrogen-bond donors (Lipinski definition) is 1.